The van der Waals surface area contributed by atoms with E-state index in [9.17, 15) is 0 Å². The number of hydrogen-bond acceptors (Lipinski definition) is 3. The van der Waals surface area contributed by atoms with Crippen LogP contribution >= 0.6 is 11.8 Å². The lowest BCUT2D eigenvalue weighted by molar-refractivity contribution is 0.880. The van der Waals surface area contributed by atoms with Crippen LogP contribution in [0, 0.1) is 27.7 Å². The third-order valence-electron chi connectivity index (χ3n) is 5.24. The summed E-state index contributed by atoms with van der Waals surface area (Å²) in [5, 5.41) is 10.1. The number of aryl methyl sites for hydroxylation is 4. The van der Waals surface area contributed by atoms with Crippen molar-refractivity contribution >= 4 is 11.8 Å². The molecule has 4 rings (SSSR count). The fourth-order valence-electron chi connectivity index (χ4n) is 3.49. The highest BCUT2D eigenvalue weighted by Crippen LogP contribution is 2.32. The molecule has 0 saturated heterocycles. The van der Waals surface area contributed by atoms with E-state index in [-0.39, 0.29) is 0 Å². The van der Waals surface area contributed by atoms with Crippen molar-refractivity contribution in [2.75, 3.05) is 0 Å². The Labute approximate surface area is 176 Å². The van der Waals surface area contributed by atoms with Crippen molar-refractivity contribution in [1.29, 1.82) is 0 Å². The number of benzene rings is 3. The molecule has 0 aliphatic rings. The first kappa shape index (κ1) is 19.5. The Morgan fingerprint density at radius 2 is 1.48 bits per heavy atom. The molecule has 0 unspecified atom stereocenters. The van der Waals surface area contributed by atoms with E-state index in [0.29, 0.717) is 0 Å². The second kappa shape index (κ2) is 8.26. The van der Waals surface area contributed by atoms with Gasteiger partial charge in [0.05, 0.1) is 5.69 Å². The highest BCUT2D eigenvalue weighted by Gasteiger charge is 2.18. The van der Waals surface area contributed by atoms with Gasteiger partial charge in [-0.2, -0.15) is 0 Å². The van der Waals surface area contributed by atoms with Gasteiger partial charge in [0.25, 0.3) is 0 Å². The van der Waals surface area contributed by atoms with Crippen LogP contribution in [0.15, 0.2) is 71.9 Å². The van der Waals surface area contributed by atoms with Gasteiger partial charge in [0.15, 0.2) is 11.0 Å². The average Bonchev–Trinajstić information content (AvgIpc) is 3.13. The van der Waals surface area contributed by atoms with Crippen LogP contribution in [0.4, 0.5) is 0 Å². The minimum Gasteiger partial charge on any atom is -0.270 e. The molecule has 1 heterocycles. The standard InChI is InChI=1S/C25H25N3S/c1-17-13-14-18(2)21(15-17)16-29-25-27-26-24(22-11-7-5-9-19(22)3)28(25)23-12-8-6-10-20(23)4/h5-15H,16H2,1-4H3. The number of rotatable bonds is 5. The third-order valence-corrected chi connectivity index (χ3v) is 6.21. The van der Waals surface area contributed by atoms with Crippen LogP contribution in [-0.2, 0) is 5.75 Å². The lowest BCUT2D eigenvalue weighted by Gasteiger charge is -2.14. The van der Waals surface area contributed by atoms with Crippen molar-refractivity contribution in [1.82, 2.24) is 14.8 Å². The molecule has 0 saturated carbocycles. The Balaban J connectivity index is 1.79. The van der Waals surface area contributed by atoms with Crippen LogP contribution in [0.25, 0.3) is 17.1 Å². The van der Waals surface area contributed by atoms with Gasteiger partial charge in [-0.3, -0.25) is 4.57 Å². The zero-order chi connectivity index (χ0) is 20.4. The van der Waals surface area contributed by atoms with Gasteiger partial charge >= 0.3 is 0 Å². The summed E-state index contributed by atoms with van der Waals surface area (Å²) >= 11 is 1.74. The van der Waals surface area contributed by atoms with Gasteiger partial charge in [0, 0.05) is 11.3 Å². The predicted molar refractivity (Wildman–Crippen MR) is 122 cm³/mol. The van der Waals surface area contributed by atoms with Crippen LogP contribution < -0.4 is 0 Å². The van der Waals surface area contributed by atoms with E-state index in [1.54, 1.807) is 11.8 Å². The maximum absolute atomic E-state index is 4.61. The van der Waals surface area contributed by atoms with Crippen LogP contribution in [0.1, 0.15) is 27.8 Å². The number of aromatic nitrogens is 3. The number of hydrogen-bond donors (Lipinski definition) is 0. The molecule has 29 heavy (non-hydrogen) atoms. The third kappa shape index (κ3) is 3.99. The van der Waals surface area contributed by atoms with Gasteiger partial charge in [-0.05, 0) is 56.0 Å². The van der Waals surface area contributed by atoms with E-state index in [1.807, 2.05) is 0 Å². The topological polar surface area (TPSA) is 30.7 Å². The first-order valence-electron chi connectivity index (χ1n) is 9.81. The first-order valence-corrected chi connectivity index (χ1v) is 10.8. The van der Waals surface area contributed by atoms with Crippen LogP contribution in [-0.4, -0.2) is 14.8 Å². The van der Waals surface area contributed by atoms with Gasteiger partial charge in [0.1, 0.15) is 0 Å². The normalized spacial score (nSPS) is 11.0. The van der Waals surface area contributed by atoms with E-state index in [2.05, 4.69) is 109 Å². The fraction of sp³-hybridized carbons (Fsp3) is 0.200. The maximum Gasteiger partial charge on any atom is 0.196 e. The van der Waals surface area contributed by atoms with Crippen molar-refractivity contribution in [3.63, 3.8) is 0 Å². The van der Waals surface area contributed by atoms with Crippen molar-refractivity contribution in [3.05, 3.63) is 94.5 Å². The van der Waals surface area contributed by atoms with Crippen LogP contribution in [0.5, 0.6) is 0 Å². The number of para-hydroxylation sites is 1. The van der Waals surface area contributed by atoms with Gasteiger partial charge in [0.2, 0.25) is 0 Å². The van der Waals surface area contributed by atoms with Crippen molar-refractivity contribution in [2.45, 2.75) is 38.6 Å². The van der Waals surface area contributed by atoms with Crippen molar-refractivity contribution in [2.24, 2.45) is 0 Å². The van der Waals surface area contributed by atoms with Crippen molar-refractivity contribution in [3.8, 4) is 17.1 Å². The molecule has 0 N–H and O–H groups in total. The second-order valence-corrected chi connectivity index (χ2v) is 8.40. The summed E-state index contributed by atoms with van der Waals surface area (Å²) in [4.78, 5) is 0. The minimum atomic E-state index is 0.866. The molecule has 0 bridgehead atoms. The molecule has 4 aromatic rings. The lowest BCUT2D eigenvalue weighted by atomic mass is 10.1. The summed E-state index contributed by atoms with van der Waals surface area (Å²) in [6.07, 6.45) is 0. The van der Waals surface area contributed by atoms with Gasteiger partial charge < -0.3 is 0 Å². The molecule has 0 fully saturated rings. The molecule has 0 spiro atoms. The van der Waals surface area contributed by atoms with Gasteiger partial charge in [-0.25, -0.2) is 0 Å². The Bertz CT molecular complexity index is 1160. The van der Waals surface area contributed by atoms with E-state index < -0.39 is 0 Å². The van der Waals surface area contributed by atoms with Crippen molar-refractivity contribution < 1.29 is 0 Å². The summed E-state index contributed by atoms with van der Waals surface area (Å²) in [5.41, 5.74) is 8.57. The molecule has 3 aromatic carbocycles. The fourth-order valence-corrected chi connectivity index (χ4v) is 4.50. The summed E-state index contributed by atoms with van der Waals surface area (Å²) in [6.45, 7) is 8.56. The molecule has 0 amide bonds. The molecule has 0 radical (unpaired) electrons. The molecular weight excluding hydrogens is 374 g/mol. The molecule has 4 heteroatoms. The first-order chi connectivity index (χ1) is 14.0. The highest BCUT2D eigenvalue weighted by molar-refractivity contribution is 7.98. The molecule has 1 aromatic heterocycles. The summed E-state index contributed by atoms with van der Waals surface area (Å²) in [6, 6.07) is 23.4. The van der Waals surface area contributed by atoms with Crippen LogP contribution in [0.2, 0.25) is 0 Å². The molecule has 3 nitrogen and oxygen atoms in total. The highest BCUT2D eigenvalue weighted by atomic mass is 32.2. The Morgan fingerprint density at radius 1 is 0.759 bits per heavy atom. The van der Waals surface area contributed by atoms with E-state index in [1.165, 1.54) is 27.8 Å². The Kier molecular flexibility index (Phi) is 5.54. The monoisotopic (exact) mass is 399 g/mol. The quantitative estimate of drug-likeness (QED) is 0.361. The maximum atomic E-state index is 4.61. The molecule has 0 aliphatic carbocycles. The van der Waals surface area contributed by atoms with Gasteiger partial charge in [-0.15, -0.1) is 10.2 Å². The van der Waals surface area contributed by atoms with Crippen LogP contribution in [0.3, 0.4) is 0 Å². The summed E-state index contributed by atoms with van der Waals surface area (Å²) in [7, 11) is 0. The molecule has 146 valence electrons. The Morgan fingerprint density at radius 3 is 2.24 bits per heavy atom. The van der Waals surface area contributed by atoms with E-state index in [4.69, 9.17) is 0 Å². The molecular formula is C25H25N3S. The summed E-state index contributed by atoms with van der Waals surface area (Å²) < 4.78 is 2.20. The van der Waals surface area contributed by atoms with Gasteiger partial charge in [-0.1, -0.05) is 78.0 Å². The largest absolute Gasteiger partial charge is 0.270 e. The second-order valence-electron chi connectivity index (χ2n) is 7.46. The zero-order valence-corrected chi connectivity index (χ0v) is 18.1. The number of thioether (sulfide) groups is 1. The van der Waals surface area contributed by atoms with E-state index >= 15 is 0 Å². The smallest absolute Gasteiger partial charge is 0.196 e. The molecule has 0 aliphatic heterocycles. The average molecular weight is 400 g/mol. The van der Waals surface area contributed by atoms with E-state index in [0.717, 1.165) is 28.0 Å². The lowest BCUT2D eigenvalue weighted by Crippen LogP contribution is -2.02. The zero-order valence-electron chi connectivity index (χ0n) is 17.3. The molecule has 0 atom stereocenters. The predicted octanol–water partition coefficient (Wildman–Crippen LogP) is 6.46. The number of nitrogens with zero attached hydrogens (tertiary/aromatic N) is 3. The SMILES string of the molecule is Cc1ccc(C)c(CSc2nnc(-c3ccccc3C)n2-c2ccccc2C)c1. The Hall–Kier alpha value is -2.85. The summed E-state index contributed by atoms with van der Waals surface area (Å²) in [5.74, 6) is 1.76. The minimum absolute atomic E-state index is 0.866.